The third-order valence-electron chi connectivity index (χ3n) is 4.86. The van der Waals surface area contributed by atoms with Crippen LogP contribution >= 0.6 is 0 Å². The zero-order chi connectivity index (χ0) is 18.1. The van der Waals surface area contributed by atoms with E-state index in [4.69, 9.17) is 9.47 Å². The van der Waals surface area contributed by atoms with Gasteiger partial charge < -0.3 is 14.4 Å². The van der Waals surface area contributed by atoms with Gasteiger partial charge in [-0.2, -0.15) is 0 Å². The lowest BCUT2D eigenvalue weighted by atomic mass is 9.84. The Hall–Kier alpha value is -2.54. The first kappa shape index (κ1) is 16.9. The van der Waals surface area contributed by atoms with E-state index in [1.807, 2.05) is 30.9 Å². The molecule has 0 N–H and O–H groups in total. The van der Waals surface area contributed by atoms with E-state index in [9.17, 15) is 4.79 Å². The van der Waals surface area contributed by atoms with Gasteiger partial charge in [-0.3, -0.25) is 9.78 Å². The van der Waals surface area contributed by atoms with E-state index in [1.54, 1.807) is 18.6 Å². The average Bonchev–Trinajstić information content (AvgIpc) is 2.59. The minimum Gasteiger partial charge on any atom is -0.460 e. The predicted molar refractivity (Wildman–Crippen MR) is 94.0 cm³/mol. The summed E-state index contributed by atoms with van der Waals surface area (Å²) in [5.41, 5.74) is 2.16. The maximum absolute atomic E-state index is 12.6. The summed E-state index contributed by atoms with van der Waals surface area (Å²) < 4.78 is 12.0. The van der Waals surface area contributed by atoms with Gasteiger partial charge in [-0.25, -0.2) is 9.97 Å². The quantitative estimate of drug-likeness (QED) is 0.838. The molecule has 0 aliphatic carbocycles. The summed E-state index contributed by atoms with van der Waals surface area (Å²) >= 11 is 0. The van der Waals surface area contributed by atoms with Crippen molar-refractivity contribution in [3.63, 3.8) is 0 Å². The van der Waals surface area contributed by atoms with Crippen LogP contribution in [0, 0.1) is 13.8 Å². The highest BCUT2D eigenvalue weighted by Crippen LogP contribution is 2.36. The fourth-order valence-corrected chi connectivity index (χ4v) is 3.58. The highest BCUT2D eigenvalue weighted by molar-refractivity contribution is 5.94. The van der Waals surface area contributed by atoms with Crippen LogP contribution in [0.2, 0.25) is 0 Å². The Balaban J connectivity index is 1.37. The number of carbonyl (C=O) groups is 1. The molecular formula is C19H22N4O3. The molecule has 2 aliphatic heterocycles. The van der Waals surface area contributed by atoms with Crippen LogP contribution in [-0.2, 0) is 4.74 Å². The zero-order valence-corrected chi connectivity index (χ0v) is 15.0. The lowest BCUT2D eigenvalue weighted by Crippen LogP contribution is -2.67. The van der Waals surface area contributed by atoms with Gasteiger partial charge in [0.05, 0.1) is 25.3 Å². The summed E-state index contributed by atoms with van der Waals surface area (Å²) in [5.74, 6) is 0.000448. The summed E-state index contributed by atoms with van der Waals surface area (Å²) in [7, 11) is 0. The Morgan fingerprint density at radius 2 is 2.19 bits per heavy atom. The van der Waals surface area contributed by atoms with Crippen LogP contribution < -0.4 is 4.74 Å². The van der Waals surface area contributed by atoms with E-state index >= 15 is 0 Å². The van der Waals surface area contributed by atoms with Crippen molar-refractivity contribution in [3.8, 4) is 6.01 Å². The first-order valence-corrected chi connectivity index (χ1v) is 8.84. The number of amides is 1. The topological polar surface area (TPSA) is 77.4 Å². The molecule has 7 heteroatoms. The molecule has 2 aromatic heterocycles. The normalized spacial score (nSPS) is 21.3. The number of likely N-dealkylation sites (tertiary alicyclic amines) is 1. The second-order valence-electron chi connectivity index (χ2n) is 7.16. The maximum atomic E-state index is 12.6. The van der Waals surface area contributed by atoms with Crippen molar-refractivity contribution in [2.24, 2.45) is 0 Å². The smallest absolute Gasteiger partial charge is 0.316 e. The van der Waals surface area contributed by atoms with Gasteiger partial charge in [0, 0.05) is 37.1 Å². The lowest BCUT2D eigenvalue weighted by molar-refractivity contribution is -0.174. The van der Waals surface area contributed by atoms with Crippen molar-refractivity contribution in [2.75, 3.05) is 19.7 Å². The van der Waals surface area contributed by atoms with Gasteiger partial charge in [-0.1, -0.05) is 0 Å². The molecular weight excluding hydrogens is 332 g/mol. The summed E-state index contributed by atoms with van der Waals surface area (Å²) in [6.45, 7) is 5.61. The van der Waals surface area contributed by atoms with Gasteiger partial charge in [0.2, 0.25) is 0 Å². The standard InChI is InChI=1S/C19H22N4O3/c1-13-7-15(10-20-9-13)17(24)23-11-19(12-23)8-16(4-6-25-19)26-18-21-5-3-14(2)22-18/h3,5,7,9-10,16H,4,6,8,11-12H2,1-2H3/t16-/m1/s1. The number of rotatable bonds is 3. The molecule has 1 amide bonds. The van der Waals surface area contributed by atoms with Crippen LogP contribution in [0.3, 0.4) is 0 Å². The van der Waals surface area contributed by atoms with Crippen molar-refractivity contribution in [3.05, 3.63) is 47.5 Å². The van der Waals surface area contributed by atoms with Crippen molar-refractivity contribution in [2.45, 2.75) is 38.4 Å². The number of pyridine rings is 1. The number of carbonyl (C=O) groups excluding carboxylic acids is 1. The van der Waals surface area contributed by atoms with E-state index in [-0.39, 0.29) is 17.6 Å². The molecule has 2 aromatic rings. The molecule has 0 bridgehead atoms. The highest BCUT2D eigenvalue weighted by Gasteiger charge is 2.50. The Morgan fingerprint density at radius 1 is 1.35 bits per heavy atom. The van der Waals surface area contributed by atoms with E-state index in [0.717, 1.165) is 24.1 Å². The van der Waals surface area contributed by atoms with E-state index in [0.29, 0.717) is 31.3 Å². The molecule has 4 heterocycles. The number of aryl methyl sites for hydroxylation is 2. The monoisotopic (exact) mass is 354 g/mol. The summed E-state index contributed by atoms with van der Waals surface area (Å²) in [4.78, 5) is 27.0. The molecule has 0 unspecified atom stereocenters. The van der Waals surface area contributed by atoms with Crippen molar-refractivity contribution < 1.29 is 14.3 Å². The van der Waals surface area contributed by atoms with Crippen LogP contribution in [-0.4, -0.2) is 57.2 Å². The number of hydrogen-bond acceptors (Lipinski definition) is 6. The van der Waals surface area contributed by atoms with E-state index < -0.39 is 0 Å². The molecule has 1 atom stereocenters. The molecule has 2 aliphatic rings. The number of ether oxygens (including phenoxy) is 2. The molecule has 2 saturated heterocycles. The lowest BCUT2D eigenvalue weighted by Gasteiger charge is -2.52. The van der Waals surface area contributed by atoms with E-state index in [2.05, 4.69) is 15.0 Å². The summed E-state index contributed by atoms with van der Waals surface area (Å²) in [6, 6.07) is 4.11. The average molecular weight is 354 g/mol. The van der Waals surface area contributed by atoms with Gasteiger partial charge in [-0.05, 0) is 31.5 Å². The largest absolute Gasteiger partial charge is 0.460 e. The number of hydrogen-bond donors (Lipinski definition) is 0. The first-order valence-electron chi connectivity index (χ1n) is 8.84. The van der Waals surface area contributed by atoms with Crippen LogP contribution in [0.5, 0.6) is 6.01 Å². The van der Waals surface area contributed by atoms with Crippen molar-refractivity contribution >= 4 is 5.91 Å². The minimum atomic E-state index is -0.320. The summed E-state index contributed by atoms with van der Waals surface area (Å²) in [6.07, 6.45) is 6.60. The van der Waals surface area contributed by atoms with Gasteiger partial charge in [0.15, 0.2) is 0 Å². The summed E-state index contributed by atoms with van der Waals surface area (Å²) in [5, 5.41) is 0. The second-order valence-corrected chi connectivity index (χ2v) is 7.16. The Morgan fingerprint density at radius 3 is 2.96 bits per heavy atom. The fraction of sp³-hybridized carbons (Fsp3) is 0.474. The second kappa shape index (κ2) is 6.64. The Labute approximate surface area is 152 Å². The minimum absolute atomic E-state index is 0.000448. The van der Waals surface area contributed by atoms with Crippen LogP contribution in [0.1, 0.15) is 34.5 Å². The molecule has 7 nitrogen and oxygen atoms in total. The van der Waals surface area contributed by atoms with Gasteiger partial charge >= 0.3 is 6.01 Å². The molecule has 4 rings (SSSR count). The molecule has 0 aromatic carbocycles. The van der Waals surface area contributed by atoms with Crippen LogP contribution in [0.25, 0.3) is 0 Å². The molecule has 2 fully saturated rings. The molecule has 1 spiro atoms. The zero-order valence-electron chi connectivity index (χ0n) is 15.0. The van der Waals surface area contributed by atoms with Gasteiger partial charge in [0.1, 0.15) is 11.7 Å². The van der Waals surface area contributed by atoms with Gasteiger partial charge in [-0.15, -0.1) is 0 Å². The van der Waals surface area contributed by atoms with Crippen molar-refractivity contribution in [1.82, 2.24) is 19.9 Å². The van der Waals surface area contributed by atoms with Crippen molar-refractivity contribution in [1.29, 1.82) is 0 Å². The number of nitrogens with zero attached hydrogens (tertiary/aromatic N) is 4. The predicted octanol–water partition coefficient (Wildman–Crippen LogP) is 1.94. The SMILES string of the molecule is Cc1cncc(C(=O)N2CC3(C[C@H](Oc4nccc(C)n4)CCO3)C2)c1. The Bertz CT molecular complexity index is 820. The third kappa shape index (κ3) is 3.39. The third-order valence-corrected chi connectivity index (χ3v) is 4.86. The highest BCUT2D eigenvalue weighted by atomic mass is 16.5. The van der Waals surface area contributed by atoms with Crippen LogP contribution in [0.15, 0.2) is 30.7 Å². The maximum Gasteiger partial charge on any atom is 0.316 e. The molecule has 26 heavy (non-hydrogen) atoms. The van der Waals surface area contributed by atoms with Crippen LogP contribution in [0.4, 0.5) is 0 Å². The van der Waals surface area contributed by atoms with E-state index in [1.165, 1.54) is 0 Å². The molecule has 0 radical (unpaired) electrons. The Kier molecular flexibility index (Phi) is 4.32. The van der Waals surface area contributed by atoms with Gasteiger partial charge in [0.25, 0.3) is 5.91 Å². The molecule has 136 valence electrons. The first-order chi connectivity index (χ1) is 12.5. The molecule has 0 saturated carbocycles. The number of aromatic nitrogens is 3. The fourth-order valence-electron chi connectivity index (χ4n) is 3.58.